The molecular formula is C28H29N3O5S. The van der Waals surface area contributed by atoms with Gasteiger partial charge in [0.25, 0.3) is 10.0 Å². The molecule has 3 amide bonds. The Morgan fingerprint density at radius 1 is 1.00 bits per heavy atom. The summed E-state index contributed by atoms with van der Waals surface area (Å²) in [6, 6.07) is 18.2. The second-order valence-electron chi connectivity index (χ2n) is 8.12. The number of nitrogens with one attached hydrogen (secondary N) is 2. The number of hydrogen-bond donors (Lipinski definition) is 2. The van der Waals surface area contributed by atoms with Gasteiger partial charge >= 0.3 is 6.03 Å². The highest BCUT2D eigenvalue weighted by Crippen LogP contribution is 2.20. The van der Waals surface area contributed by atoms with Gasteiger partial charge in [-0.3, -0.25) is 4.79 Å². The molecule has 0 aliphatic carbocycles. The van der Waals surface area contributed by atoms with Crippen LogP contribution < -0.4 is 19.7 Å². The van der Waals surface area contributed by atoms with Crippen LogP contribution >= 0.6 is 0 Å². The summed E-state index contributed by atoms with van der Waals surface area (Å²) < 4.78 is 33.0. The minimum Gasteiger partial charge on any atom is -0.497 e. The van der Waals surface area contributed by atoms with Crippen molar-refractivity contribution in [2.24, 2.45) is 0 Å². The summed E-state index contributed by atoms with van der Waals surface area (Å²) in [7, 11) is -1.10. The molecule has 9 heteroatoms. The lowest BCUT2D eigenvalue weighted by Gasteiger charge is -2.25. The van der Waals surface area contributed by atoms with Gasteiger partial charge in [0, 0.05) is 19.2 Å². The highest BCUT2D eigenvalue weighted by Gasteiger charge is 2.28. The van der Waals surface area contributed by atoms with Crippen LogP contribution in [-0.4, -0.2) is 40.6 Å². The molecule has 0 heterocycles. The third-order valence-electron chi connectivity index (χ3n) is 5.68. The van der Waals surface area contributed by atoms with E-state index in [1.165, 1.54) is 17.0 Å². The number of carbonyl (C=O) groups is 2. The highest BCUT2D eigenvalue weighted by atomic mass is 32.2. The molecule has 8 nitrogen and oxygen atoms in total. The average molecular weight is 520 g/mol. The van der Waals surface area contributed by atoms with Crippen molar-refractivity contribution in [3.8, 4) is 5.75 Å². The molecule has 1 atom stereocenters. The van der Waals surface area contributed by atoms with Gasteiger partial charge in [0.05, 0.1) is 12.0 Å². The zero-order chi connectivity index (χ0) is 27.0. The summed E-state index contributed by atoms with van der Waals surface area (Å²) in [5.41, 5.74) is 2.53. The molecule has 2 N–H and O–H groups in total. The molecule has 0 saturated carbocycles. The smallest absolute Gasteiger partial charge is 0.329 e. The topological polar surface area (TPSA) is 105 Å². The van der Waals surface area contributed by atoms with E-state index in [1.54, 1.807) is 62.7 Å². The Labute approximate surface area is 217 Å². The number of nitrogens with zero attached hydrogens (tertiary/aromatic N) is 1. The molecular weight excluding hydrogens is 490 g/mol. The van der Waals surface area contributed by atoms with Crippen LogP contribution in [0.25, 0.3) is 12.2 Å². The first-order valence-corrected chi connectivity index (χ1v) is 12.8. The Hall–Kier alpha value is -4.37. The number of likely N-dealkylation sites (N-methyl/N-ethyl adjacent to an activating group) is 1. The molecule has 0 bridgehead atoms. The van der Waals surface area contributed by atoms with Gasteiger partial charge < -0.3 is 15.0 Å². The maximum atomic E-state index is 13.5. The standard InChI is InChI=1S/C28H29N3O5S/c1-5-20-10-9-11-21(18-20)19-25(27(32)31(3)23-14-16-24(36-4)17-15-23)29-28(33)30-37(34,35)26-13-8-7-12-22(26)6-2/h5-18,25H,1-2,19H2,3-4H3,(H2,29,30,33)/t25-/m0/s1. The van der Waals surface area contributed by atoms with E-state index in [0.29, 0.717) is 17.0 Å². The summed E-state index contributed by atoms with van der Waals surface area (Å²) in [5.74, 6) is 0.193. The minimum absolute atomic E-state index is 0.0999. The van der Waals surface area contributed by atoms with E-state index in [2.05, 4.69) is 18.5 Å². The van der Waals surface area contributed by atoms with Gasteiger partial charge in [-0.2, -0.15) is 0 Å². The second-order valence-corrected chi connectivity index (χ2v) is 9.77. The zero-order valence-electron chi connectivity index (χ0n) is 20.7. The number of amides is 3. The third kappa shape index (κ3) is 6.86. The first-order chi connectivity index (χ1) is 17.7. The largest absolute Gasteiger partial charge is 0.497 e. The number of carbonyl (C=O) groups excluding carboxylic acids is 2. The fraction of sp³-hybridized carbons (Fsp3) is 0.143. The summed E-state index contributed by atoms with van der Waals surface area (Å²) in [6.45, 7) is 7.38. The monoisotopic (exact) mass is 519 g/mol. The van der Waals surface area contributed by atoms with Gasteiger partial charge in [0.1, 0.15) is 11.8 Å². The maximum Gasteiger partial charge on any atom is 0.329 e. The summed E-state index contributed by atoms with van der Waals surface area (Å²) in [6.07, 6.45) is 3.18. The molecule has 0 aliphatic heterocycles. The van der Waals surface area contributed by atoms with Gasteiger partial charge in [-0.25, -0.2) is 17.9 Å². The normalized spacial score (nSPS) is 11.6. The Morgan fingerprint density at radius 2 is 1.70 bits per heavy atom. The van der Waals surface area contributed by atoms with Gasteiger partial charge in [0.2, 0.25) is 5.91 Å². The lowest BCUT2D eigenvalue weighted by molar-refractivity contribution is -0.120. The summed E-state index contributed by atoms with van der Waals surface area (Å²) in [5, 5.41) is 2.54. The Kier molecular flexibility index (Phi) is 8.86. The Bertz CT molecular complexity index is 1400. The molecule has 0 spiro atoms. The lowest BCUT2D eigenvalue weighted by Crippen LogP contribution is -2.52. The van der Waals surface area contributed by atoms with Crippen LogP contribution in [0.2, 0.25) is 0 Å². The van der Waals surface area contributed by atoms with Gasteiger partial charge in [-0.05, 0) is 47.0 Å². The third-order valence-corrected chi connectivity index (χ3v) is 7.08. The number of anilines is 1. The van der Waals surface area contributed by atoms with Crippen molar-refractivity contribution >= 4 is 39.8 Å². The van der Waals surface area contributed by atoms with Crippen molar-refractivity contribution in [1.82, 2.24) is 10.0 Å². The Balaban J connectivity index is 1.87. The quantitative estimate of drug-likeness (QED) is 0.417. The predicted molar refractivity (Wildman–Crippen MR) is 146 cm³/mol. The van der Waals surface area contributed by atoms with E-state index in [0.717, 1.165) is 11.1 Å². The van der Waals surface area contributed by atoms with Crippen molar-refractivity contribution in [2.75, 3.05) is 19.1 Å². The molecule has 192 valence electrons. The molecule has 0 saturated heterocycles. The molecule has 0 aliphatic rings. The summed E-state index contributed by atoms with van der Waals surface area (Å²) >= 11 is 0. The maximum absolute atomic E-state index is 13.5. The fourth-order valence-corrected chi connectivity index (χ4v) is 4.84. The zero-order valence-corrected chi connectivity index (χ0v) is 21.5. The van der Waals surface area contributed by atoms with E-state index in [9.17, 15) is 18.0 Å². The number of ether oxygens (including phenoxy) is 1. The Morgan fingerprint density at radius 3 is 2.35 bits per heavy atom. The van der Waals surface area contributed by atoms with E-state index < -0.39 is 28.0 Å². The molecule has 3 aromatic carbocycles. The molecule has 37 heavy (non-hydrogen) atoms. The van der Waals surface area contributed by atoms with Crippen LogP contribution in [-0.2, 0) is 21.2 Å². The van der Waals surface area contributed by atoms with Crippen LogP contribution in [0.4, 0.5) is 10.5 Å². The van der Waals surface area contributed by atoms with Crippen molar-refractivity contribution in [3.05, 3.63) is 103 Å². The number of sulfonamides is 1. The van der Waals surface area contributed by atoms with E-state index in [1.807, 2.05) is 29.0 Å². The fourth-order valence-electron chi connectivity index (χ4n) is 3.71. The van der Waals surface area contributed by atoms with Crippen LogP contribution in [0.1, 0.15) is 16.7 Å². The van der Waals surface area contributed by atoms with E-state index >= 15 is 0 Å². The molecule has 0 radical (unpaired) electrons. The molecule has 3 rings (SSSR count). The van der Waals surface area contributed by atoms with Crippen LogP contribution in [0.3, 0.4) is 0 Å². The van der Waals surface area contributed by atoms with E-state index in [4.69, 9.17) is 4.74 Å². The van der Waals surface area contributed by atoms with Crippen molar-refractivity contribution in [3.63, 3.8) is 0 Å². The second kappa shape index (κ2) is 12.0. The lowest BCUT2D eigenvalue weighted by atomic mass is 10.0. The first kappa shape index (κ1) is 27.2. The van der Waals surface area contributed by atoms with Crippen molar-refractivity contribution in [1.29, 1.82) is 0 Å². The van der Waals surface area contributed by atoms with Crippen molar-refractivity contribution in [2.45, 2.75) is 17.4 Å². The average Bonchev–Trinajstić information content (AvgIpc) is 2.91. The number of hydrogen-bond acceptors (Lipinski definition) is 5. The molecule has 0 aromatic heterocycles. The van der Waals surface area contributed by atoms with Crippen LogP contribution in [0, 0.1) is 0 Å². The number of urea groups is 1. The molecule has 3 aromatic rings. The number of benzene rings is 3. The summed E-state index contributed by atoms with van der Waals surface area (Å²) in [4.78, 5) is 27.7. The predicted octanol–water partition coefficient (Wildman–Crippen LogP) is 4.24. The van der Waals surface area contributed by atoms with E-state index in [-0.39, 0.29) is 11.3 Å². The van der Waals surface area contributed by atoms with Crippen LogP contribution in [0.5, 0.6) is 5.75 Å². The molecule has 0 fully saturated rings. The molecule has 0 unspecified atom stereocenters. The highest BCUT2D eigenvalue weighted by molar-refractivity contribution is 7.90. The number of rotatable bonds is 10. The first-order valence-electron chi connectivity index (χ1n) is 11.4. The SMILES string of the molecule is C=Cc1cccc(C[C@H](NC(=O)NS(=O)(=O)c2ccccc2C=C)C(=O)N(C)c2ccc(OC)cc2)c1. The van der Waals surface area contributed by atoms with Gasteiger partial charge in [0.15, 0.2) is 0 Å². The van der Waals surface area contributed by atoms with Gasteiger partial charge in [-0.15, -0.1) is 0 Å². The number of methoxy groups -OCH3 is 1. The minimum atomic E-state index is -4.22. The van der Waals surface area contributed by atoms with Crippen molar-refractivity contribution < 1.29 is 22.7 Å². The van der Waals surface area contributed by atoms with Crippen LogP contribution in [0.15, 0.2) is 90.8 Å². The van der Waals surface area contributed by atoms with Gasteiger partial charge in [-0.1, -0.05) is 67.8 Å².